The number of rotatable bonds is 7. The zero-order chi connectivity index (χ0) is 14.8. The number of aliphatic imine (C=N–C) groups is 1. The van der Waals surface area contributed by atoms with Crippen molar-refractivity contribution < 1.29 is 4.74 Å². The monoisotopic (exact) mass is 284 g/mol. The molecule has 1 fully saturated rings. The van der Waals surface area contributed by atoms with Crippen LogP contribution in [0.25, 0.3) is 0 Å². The molecule has 0 bridgehead atoms. The average Bonchev–Trinajstić information content (AvgIpc) is 2.50. The van der Waals surface area contributed by atoms with Gasteiger partial charge in [-0.05, 0) is 45.2 Å². The fourth-order valence-electron chi connectivity index (χ4n) is 2.41. The van der Waals surface area contributed by atoms with E-state index < -0.39 is 0 Å². The van der Waals surface area contributed by atoms with Crippen molar-refractivity contribution in [1.82, 2.24) is 15.5 Å². The number of likely N-dealkylation sites (tertiary alicyclic amines) is 1. The third-order valence-electron chi connectivity index (χ3n) is 4.10. The molecule has 1 rings (SSSR count). The Morgan fingerprint density at radius 3 is 2.65 bits per heavy atom. The highest BCUT2D eigenvalue weighted by atomic mass is 16.5. The van der Waals surface area contributed by atoms with Crippen molar-refractivity contribution in [2.75, 3.05) is 46.9 Å². The fourth-order valence-corrected chi connectivity index (χ4v) is 2.41. The van der Waals surface area contributed by atoms with Gasteiger partial charge >= 0.3 is 0 Å². The Bertz CT molecular complexity index is 275. The van der Waals surface area contributed by atoms with Gasteiger partial charge in [0.2, 0.25) is 0 Å². The summed E-state index contributed by atoms with van der Waals surface area (Å²) in [4.78, 5) is 6.78. The average molecular weight is 284 g/mol. The molecule has 0 spiro atoms. The second-order valence-corrected chi connectivity index (χ2v) is 5.68. The fraction of sp³-hybridized carbons (Fsp3) is 0.933. The van der Waals surface area contributed by atoms with Gasteiger partial charge in [0.1, 0.15) is 0 Å². The summed E-state index contributed by atoms with van der Waals surface area (Å²) in [7, 11) is 3.61. The zero-order valence-corrected chi connectivity index (χ0v) is 13.6. The van der Waals surface area contributed by atoms with Crippen LogP contribution in [0.15, 0.2) is 4.99 Å². The number of hydrogen-bond acceptors (Lipinski definition) is 3. The molecule has 20 heavy (non-hydrogen) atoms. The standard InChI is InChI=1S/C15H32N4O/c1-5-13(2)18-15(16-3)17-12-14-6-8-19(9-7-14)10-11-20-4/h13-14H,5-12H2,1-4H3,(H2,16,17,18). The number of hydrogen-bond donors (Lipinski definition) is 2. The van der Waals surface area contributed by atoms with E-state index in [1.807, 2.05) is 7.05 Å². The number of nitrogens with one attached hydrogen (secondary N) is 2. The van der Waals surface area contributed by atoms with E-state index in [0.29, 0.717) is 6.04 Å². The lowest BCUT2D eigenvalue weighted by molar-refractivity contribution is 0.121. The van der Waals surface area contributed by atoms with Crippen LogP contribution in [0.3, 0.4) is 0 Å². The minimum absolute atomic E-state index is 0.470. The van der Waals surface area contributed by atoms with Crippen LogP contribution in [0.2, 0.25) is 0 Å². The van der Waals surface area contributed by atoms with Gasteiger partial charge in [0.25, 0.3) is 0 Å². The lowest BCUT2D eigenvalue weighted by atomic mass is 9.97. The summed E-state index contributed by atoms with van der Waals surface area (Å²) in [5.41, 5.74) is 0. The van der Waals surface area contributed by atoms with Crippen LogP contribution >= 0.6 is 0 Å². The van der Waals surface area contributed by atoms with E-state index in [9.17, 15) is 0 Å². The number of nitrogens with zero attached hydrogens (tertiary/aromatic N) is 2. The van der Waals surface area contributed by atoms with Gasteiger partial charge in [0.05, 0.1) is 6.61 Å². The summed E-state index contributed by atoms with van der Waals surface area (Å²) in [6.07, 6.45) is 3.63. The Hall–Kier alpha value is -0.810. The van der Waals surface area contributed by atoms with Crippen LogP contribution in [0, 0.1) is 5.92 Å². The van der Waals surface area contributed by atoms with Crippen molar-refractivity contribution in [2.45, 2.75) is 39.2 Å². The van der Waals surface area contributed by atoms with Crippen molar-refractivity contribution in [3.05, 3.63) is 0 Å². The Morgan fingerprint density at radius 1 is 1.40 bits per heavy atom. The number of methoxy groups -OCH3 is 1. The summed E-state index contributed by atoms with van der Waals surface area (Å²) in [6.45, 7) is 9.67. The molecule has 0 radical (unpaired) electrons. The number of ether oxygens (including phenoxy) is 1. The number of piperidine rings is 1. The minimum atomic E-state index is 0.470. The molecule has 5 heteroatoms. The molecular weight excluding hydrogens is 252 g/mol. The first-order chi connectivity index (χ1) is 9.69. The largest absolute Gasteiger partial charge is 0.383 e. The Morgan fingerprint density at radius 2 is 2.10 bits per heavy atom. The lowest BCUT2D eigenvalue weighted by Gasteiger charge is -2.32. The molecule has 1 saturated heterocycles. The highest BCUT2D eigenvalue weighted by molar-refractivity contribution is 5.79. The van der Waals surface area contributed by atoms with Gasteiger partial charge in [0.15, 0.2) is 5.96 Å². The molecule has 5 nitrogen and oxygen atoms in total. The van der Waals surface area contributed by atoms with E-state index in [0.717, 1.165) is 38.0 Å². The van der Waals surface area contributed by atoms with Crippen molar-refractivity contribution in [1.29, 1.82) is 0 Å². The first kappa shape index (κ1) is 17.2. The van der Waals surface area contributed by atoms with Crippen LogP contribution in [-0.4, -0.2) is 63.8 Å². The van der Waals surface area contributed by atoms with Crippen LogP contribution in [0.1, 0.15) is 33.1 Å². The third kappa shape index (κ3) is 6.57. The highest BCUT2D eigenvalue weighted by Crippen LogP contribution is 2.15. The Labute approximate surface area is 124 Å². The second-order valence-electron chi connectivity index (χ2n) is 5.68. The Balaban J connectivity index is 2.19. The summed E-state index contributed by atoms with van der Waals surface area (Å²) in [5, 5.41) is 6.86. The minimum Gasteiger partial charge on any atom is -0.383 e. The van der Waals surface area contributed by atoms with E-state index in [1.165, 1.54) is 25.9 Å². The third-order valence-corrected chi connectivity index (χ3v) is 4.10. The maximum absolute atomic E-state index is 5.13. The normalized spacial score (nSPS) is 19.9. The molecule has 0 aromatic rings. The molecule has 1 atom stereocenters. The molecule has 0 aliphatic carbocycles. The second kappa shape index (κ2) is 10.00. The van der Waals surface area contributed by atoms with Gasteiger partial charge in [-0.25, -0.2) is 0 Å². The van der Waals surface area contributed by atoms with E-state index in [-0.39, 0.29) is 0 Å². The summed E-state index contributed by atoms with van der Waals surface area (Å²) < 4.78 is 5.13. The van der Waals surface area contributed by atoms with Crippen LogP contribution in [0.5, 0.6) is 0 Å². The number of guanidine groups is 1. The maximum atomic E-state index is 5.13. The molecule has 1 aliphatic rings. The van der Waals surface area contributed by atoms with Crippen LogP contribution in [0.4, 0.5) is 0 Å². The molecule has 0 aromatic carbocycles. The van der Waals surface area contributed by atoms with Gasteiger partial charge < -0.3 is 20.3 Å². The molecule has 0 aromatic heterocycles. The van der Waals surface area contributed by atoms with E-state index >= 15 is 0 Å². The molecule has 0 saturated carbocycles. The van der Waals surface area contributed by atoms with Crippen molar-refractivity contribution in [3.8, 4) is 0 Å². The van der Waals surface area contributed by atoms with Crippen molar-refractivity contribution >= 4 is 5.96 Å². The predicted molar refractivity (Wildman–Crippen MR) is 85.3 cm³/mol. The smallest absolute Gasteiger partial charge is 0.191 e. The summed E-state index contributed by atoms with van der Waals surface area (Å²) in [5.74, 6) is 1.69. The zero-order valence-electron chi connectivity index (χ0n) is 13.6. The van der Waals surface area contributed by atoms with Gasteiger partial charge in [-0.15, -0.1) is 0 Å². The molecule has 118 valence electrons. The van der Waals surface area contributed by atoms with Gasteiger partial charge in [0, 0.05) is 33.3 Å². The quantitative estimate of drug-likeness (QED) is 0.547. The lowest BCUT2D eigenvalue weighted by Crippen LogP contribution is -2.45. The first-order valence-corrected chi connectivity index (χ1v) is 7.88. The van der Waals surface area contributed by atoms with Gasteiger partial charge in [-0.3, -0.25) is 4.99 Å². The molecule has 1 heterocycles. The molecular formula is C15H32N4O. The van der Waals surface area contributed by atoms with Crippen LogP contribution in [-0.2, 0) is 4.74 Å². The first-order valence-electron chi connectivity index (χ1n) is 7.88. The summed E-state index contributed by atoms with van der Waals surface area (Å²) >= 11 is 0. The molecule has 2 N–H and O–H groups in total. The van der Waals surface area contributed by atoms with E-state index in [4.69, 9.17) is 4.74 Å². The predicted octanol–water partition coefficient (Wildman–Crippen LogP) is 1.31. The van der Waals surface area contributed by atoms with Crippen molar-refractivity contribution in [2.24, 2.45) is 10.9 Å². The van der Waals surface area contributed by atoms with Crippen molar-refractivity contribution in [3.63, 3.8) is 0 Å². The summed E-state index contributed by atoms with van der Waals surface area (Å²) in [6, 6.07) is 0.470. The maximum Gasteiger partial charge on any atom is 0.191 e. The van der Waals surface area contributed by atoms with Crippen LogP contribution < -0.4 is 10.6 Å². The van der Waals surface area contributed by atoms with Gasteiger partial charge in [-0.2, -0.15) is 0 Å². The molecule has 1 aliphatic heterocycles. The SMILES string of the molecule is CCC(C)NC(=NC)NCC1CCN(CCOC)CC1. The van der Waals surface area contributed by atoms with Gasteiger partial charge in [-0.1, -0.05) is 6.92 Å². The topological polar surface area (TPSA) is 48.9 Å². The molecule has 0 amide bonds. The highest BCUT2D eigenvalue weighted by Gasteiger charge is 2.19. The molecule has 1 unspecified atom stereocenters. The van der Waals surface area contributed by atoms with E-state index in [2.05, 4.69) is 34.4 Å². The Kier molecular flexibility index (Phi) is 8.62. The van der Waals surface area contributed by atoms with E-state index in [1.54, 1.807) is 7.11 Å².